The highest BCUT2D eigenvalue weighted by Gasteiger charge is 2.23. The minimum absolute atomic E-state index is 0.267. The molecule has 1 aromatic heterocycles. The van der Waals surface area contributed by atoms with Gasteiger partial charge in [-0.25, -0.2) is 0 Å². The molecule has 1 fully saturated rings. The molecule has 94 valence electrons. The fraction of sp³-hybridized carbons (Fsp3) is 0.400. The lowest BCUT2D eigenvalue weighted by Gasteiger charge is -2.18. The van der Waals surface area contributed by atoms with Gasteiger partial charge in [-0.05, 0) is 42.7 Å². The number of thioether (sulfide) groups is 1. The first-order valence-electron chi connectivity index (χ1n) is 6.54. The second-order valence-corrected chi connectivity index (χ2v) is 6.25. The summed E-state index contributed by atoms with van der Waals surface area (Å²) < 4.78 is 0. The van der Waals surface area contributed by atoms with Gasteiger partial charge in [-0.15, -0.1) is 0 Å². The Morgan fingerprint density at radius 3 is 3.06 bits per heavy atom. The molecule has 0 spiro atoms. The largest absolute Gasteiger partial charge is 0.326 e. The number of nitrogens with two attached hydrogens (primary N) is 1. The minimum Gasteiger partial charge on any atom is -0.326 e. The van der Waals surface area contributed by atoms with E-state index in [1.807, 2.05) is 24.0 Å². The highest BCUT2D eigenvalue weighted by Crippen LogP contribution is 2.30. The Morgan fingerprint density at radius 1 is 1.33 bits per heavy atom. The first-order chi connectivity index (χ1) is 8.84. The zero-order valence-electron chi connectivity index (χ0n) is 10.4. The van der Waals surface area contributed by atoms with Gasteiger partial charge in [0.15, 0.2) is 0 Å². The van der Waals surface area contributed by atoms with Crippen molar-refractivity contribution in [3.8, 4) is 0 Å². The fourth-order valence-corrected chi connectivity index (χ4v) is 3.97. The van der Waals surface area contributed by atoms with Crippen molar-refractivity contribution in [2.45, 2.75) is 30.6 Å². The maximum Gasteiger partial charge on any atom is 0.0704 e. The lowest BCUT2D eigenvalue weighted by Crippen LogP contribution is -2.33. The van der Waals surface area contributed by atoms with Gasteiger partial charge in [0.1, 0.15) is 0 Å². The molecule has 2 unspecified atom stereocenters. The summed E-state index contributed by atoms with van der Waals surface area (Å²) in [5.41, 5.74) is 8.77. The van der Waals surface area contributed by atoms with Crippen molar-refractivity contribution in [1.82, 2.24) is 4.98 Å². The molecule has 18 heavy (non-hydrogen) atoms. The SMILES string of the molecule is NC(Cc1ccnc2ccccc12)C1CCCS1. The van der Waals surface area contributed by atoms with E-state index < -0.39 is 0 Å². The molecule has 0 aliphatic carbocycles. The first kappa shape index (κ1) is 12.0. The van der Waals surface area contributed by atoms with Crippen LogP contribution in [0.3, 0.4) is 0 Å². The van der Waals surface area contributed by atoms with Gasteiger partial charge in [0.2, 0.25) is 0 Å². The van der Waals surface area contributed by atoms with E-state index in [0.29, 0.717) is 5.25 Å². The number of nitrogens with zero attached hydrogens (tertiary/aromatic N) is 1. The number of fused-ring (bicyclic) bond motifs is 1. The Balaban J connectivity index is 1.85. The molecule has 1 saturated heterocycles. The van der Waals surface area contributed by atoms with Gasteiger partial charge in [0.05, 0.1) is 5.52 Å². The zero-order chi connectivity index (χ0) is 12.4. The number of benzene rings is 1. The normalized spacial score (nSPS) is 21.3. The van der Waals surface area contributed by atoms with Crippen LogP contribution in [0, 0.1) is 0 Å². The molecule has 0 saturated carbocycles. The van der Waals surface area contributed by atoms with E-state index in [0.717, 1.165) is 11.9 Å². The average Bonchev–Trinajstić information content (AvgIpc) is 2.93. The van der Waals surface area contributed by atoms with E-state index >= 15 is 0 Å². The maximum atomic E-state index is 6.36. The number of aromatic nitrogens is 1. The van der Waals surface area contributed by atoms with Crippen LogP contribution < -0.4 is 5.73 Å². The first-order valence-corrected chi connectivity index (χ1v) is 7.59. The Morgan fingerprint density at radius 2 is 2.22 bits per heavy atom. The van der Waals surface area contributed by atoms with Gasteiger partial charge in [0, 0.05) is 22.9 Å². The van der Waals surface area contributed by atoms with Gasteiger partial charge in [0.25, 0.3) is 0 Å². The van der Waals surface area contributed by atoms with Crippen LogP contribution in [-0.2, 0) is 6.42 Å². The highest BCUT2D eigenvalue weighted by atomic mass is 32.2. The molecule has 2 heterocycles. The van der Waals surface area contributed by atoms with Crippen molar-refractivity contribution >= 4 is 22.7 Å². The summed E-state index contributed by atoms with van der Waals surface area (Å²) in [4.78, 5) is 4.40. The standard InChI is InChI=1S/C15H18N2S/c16-13(15-6-3-9-18-15)10-11-7-8-17-14-5-2-1-4-12(11)14/h1-2,4-5,7-8,13,15H,3,6,9-10,16H2. The predicted octanol–water partition coefficient (Wildman–Crippen LogP) is 3.00. The second kappa shape index (κ2) is 5.29. The van der Waals surface area contributed by atoms with E-state index in [-0.39, 0.29) is 6.04 Å². The van der Waals surface area contributed by atoms with Crippen molar-refractivity contribution in [3.05, 3.63) is 42.1 Å². The number of para-hydroxylation sites is 1. The molecule has 3 rings (SSSR count). The molecule has 2 aromatic rings. The molecule has 1 aliphatic heterocycles. The van der Waals surface area contributed by atoms with E-state index in [1.54, 1.807) is 0 Å². The topological polar surface area (TPSA) is 38.9 Å². The summed E-state index contributed by atoms with van der Waals surface area (Å²) in [5.74, 6) is 1.27. The van der Waals surface area contributed by atoms with Crippen molar-refractivity contribution in [2.75, 3.05) is 5.75 Å². The van der Waals surface area contributed by atoms with Gasteiger partial charge in [-0.2, -0.15) is 11.8 Å². The van der Waals surface area contributed by atoms with Gasteiger partial charge < -0.3 is 5.73 Å². The van der Waals surface area contributed by atoms with Crippen LogP contribution in [-0.4, -0.2) is 22.0 Å². The van der Waals surface area contributed by atoms with Crippen LogP contribution in [0.1, 0.15) is 18.4 Å². The number of hydrogen-bond acceptors (Lipinski definition) is 3. The summed E-state index contributed by atoms with van der Waals surface area (Å²) in [6, 6.07) is 10.7. The van der Waals surface area contributed by atoms with Gasteiger partial charge in [-0.3, -0.25) is 4.98 Å². The monoisotopic (exact) mass is 258 g/mol. The molecular weight excluding hydrogens is 240 g/mol. The highest BCUT2D eigenvalue weighted by molar-refractivity contribution is 8.00. The molecule has 1 aliphatic rings. The summed E-state index contributed by atoms with van der Waals surface area (Å²) in [7, 11) is 0. The molecule has 2 N–H and O–H groups in total. The molecular formula is C15H18N2S. The predicted molar refractivity (Wildman–Crippen MR) is 78.9 cm³/mol. The van der Waals surface area contributed by atoms with E-state index in [1.165, 1.54) is 29.5 Å². The summed E-state index contributed by atoms with van der Waals surface area (Å²) in [6.07, 6.45) is 5.45. The third-order valence-electron chi connectivity index (χ3n) is 3.64. The Labute approximate surface area is 112 Å². The van der Waals surface area contributed by atoms with Crippen molar-refractivity contribution in [2.24, 2.45) is 5.73 Å². The number of rotatable bonds is 3. The van der Waals surface area contributed by atoms with Crippen LogP contribution in [0.4, 0.5) is 0 Å². The second-order valence-electron chi connectivity index (χ2n) is 4.91. The van der Waals surface area contributed by atoms with E-state index in [4.69, 9.17) is 5.73 Å². The van der Waals surface area contributed by atoms with Crippen LogP contribution in [0.15, 0.2) is 36.5 Å². The van der Waals surface area contributed by atoms with Crippen molar-refractivity contribution in [1.29, 1.82) is 0 Å². The molecule has 2 atom stereocenters. The van der Waals surface area contributed by atoms with Crippen LogP contribution >= 0.6 is 11.8 Å². The number of pyridine rings is 1. The third-order valence-corrected chi connectivity index (χ3v) is 5.18. The van der Waals surface area contributed by atoms with E-state index in [2.05, 4.69) is 29.2 Å². The summed E-state index contributed by atoms with van der Waals surface area (Å²) >= 11 is 2.03. The third kappa shape index (κ3) is 2.38. The molecule has 0 radical (unpaired) electrons. The Kier molecular flexibility index (Phi) is 3.52. The van der Waals surface area contributed by atoms with Crippen molar-refractivity contribution < 1.29 is 0 Å². The lowest BCUT2D eigenvalue weighted by molar-refractivity contribution is 0.610. The van der Waals surface area contributed by atoms with Crippen molar-refractivity contribution in [3.63, 3.8) is 0 Å². The molecule has 0 bridgehead atoms. The Bertz CT molecular complexity index is 530. The van der Waals surface area contributed by atoms with Crippen LogP contribution in [0.2, 0.25) is 0 Å². The Hall–Kier alpha value is -1.06. The molecule has 1 aromatic carbocycles. The minimum atomic E-state index is 0.267. The maximum absolute atomic E-state index is 6.36. The van der Waals surface area contributed by atoms with Gasteiger partial charge in [-0.1, -0.05) is 18.2 Å². The molecule has 2 nitrogen and oxygen atoms in total. The van der Waals surface area contributed by atoms with Crippen LogP contribution in [0.25, 0.3) is 10.9 Å². The summed E-state index contributed by atoms with van der Waals surface area (Å²) in [5, 5.41) is 1.88. The van der Waals surface area contributed by atoms with Crippen LogP contribution in [0.5, 0.6) is 0 Å². The fourth-order valence-electron chi connectivity index (χ4n) is 2.66. The average molecular weight is 258 g/mol. The molecule has 3 heteroatoms. The van der Waals surface area contributed by atoms with E-state index in [9.17, 15) is 0 Å². The van der Waals surface area contributed by atoms with Gasteiger partial charge >= 0.3 is 0 Å². The lowest BCUT2D eigenvalue weighted by atomic mass is 9.99. The number of hydrogen-bond donors (Lipinski definition) is 1. The zero-order valence-corrected chi connectivity index (χ0v) is 11.2. The summed E-state index contributed by atoms with van der Waals surface area (Å²) in [6.45, 7) is 0. The quantitative estimate of drug-likeness (QED) is 0.920. The smallest absolute Gasteiger partial charge is 0.0704 e. The molecule has 0 amide bonds.